The number of hydrogen-bond acceptors (Lipinski definition) is 1. The highest BCUT2D eigenvalue weighted by atomic mass is 79.9. The van der Waals surface area contributed by atoms with Crippen molar-refractivity contribution in [2.45, 2.75) is 19.8 Å². The quantitative estimate of drug-likeness (QED) is 0.745. The molecule has 84 valence electrons. The molecule has 0 aliphatic heterocycles. The molecule has 15 heavy (non-hydrogen) atoms. The van der Waals surface area contributed by atoms with Gasteiger partial charge in [-0.2, -0.15) is 0 Å². The molecule has 0 radical (unpaired) electrons. The van der Waals surface area contributed by atoms with E-state index in [0.29, 0.717) is 17.7 Å². The van der Waals surface area contributed by atoms with Crippen molar-refractivity contribution in [2.75, 3.05) is 13.0 Å². The third-order valence-electron chi connectivity index (χ3n) is 2.56. The first-order chi connectivity index (χ1) is 7.10. The molecule has 1 nitrogen and oxygen atoms in total. The van der Waals surface area contributed by atoms with E-state index < -0.39 is 0 Å². The van der Waals surface area contributed by atoms with Crippen LogP contribution >= 0.6 is 27.5 Å². The number of rotatable bonds is 4. The molecule has 0 N–H and O–H groups in total. The van der Waals surface area contributed by atoms with E-state index in [1.54, 1.807) is 7.11 Å². The summed E-state index contributed by atoms with van der Waals surface area (Å²) < 4.78 is 6.42. The first kappa shape index (κ1) is 12.9. The van der Waals surface area contributed by atoms with Crippen LogP contribution < -0.4 is 4.74 Å². The van der Waals surface area contributed by atoms with Crippen molar-refractivity contribution in [2.24, 2.45) is 5.92 Å². The van der Waals surface area contributed by atoms with E-state index in [4.69, 9.17) is 16.3 Å². The lowest BCUT2D eigenvalue weighted by Gasteiger charge is -2.21. The Morgan fingerprint density at radius 3 is 2.53 bits per heavy atom. The monoisotopic (exact) mass is 290 g/mol. The Labute approximate surface area is 105 Å². The highest BCUT2D eigenvalue weighted by molar-refractivity contribution is 9.10. The molecule has 0 saturated heterocycles. The van der Waals surface area contributed by atoms with E-state index >= 15 is 0 Å². The standard InChI is InChI=1S/C12H16BrClO/c1-8(2)11(7-14)10-6-9(13)4-5-12(10)15-3/h4-6,8,11H,7H2,1-3H3. The van der Waals surface area contributed by atoms with E-state index in [2.05, 4.69) is 35.8 Å². The minimum atomic E-state index is 0.333. The van der Waals surface area contributed by atoms with Crippen LogP contribution in [0.15, 0.2) is 22.7 Å². The predicted octanol–water partition coefficient (Wildman–Crippen LogP) is 4.44. The molecule has 0 heterocycles. The molecule has 1 rings (SSSR count). The Morgan fingerprint density at radius 1 is 1.40 bits per heavy atom. The highest BCUT2D eigenvalue weighted by Gasteiger charge is 2.18. The van der Waals surface area contributed by atoms with Crippen LogP contribution in [-0.4, -0.2) is 13.0 Å². The van der Waals surface area contributed by atoms with Crippen molar-refractivity contribution >= 4 is 27.5 Å². The largest absolute Gasteiger partial charge is 0.496 e. The molecule has 3 heteroatoms. The van der Waals surface area contributed by atoms with Gasteiger partial charge in [-0.25, -0.2) is 0 Å². The summed E-state index contributed by atoms with van der Waals surface area (Å²) >= 11 is 9.48. The maximum Gasteiger partial charge on any atom is 0.122 e. The van der Waals surface area contributed by atoms with Crippen LogP contribution in [0.5, 0.6) is 5.75 Å². The molecular weight excluding hydrogens is 275 g/mol. The van der Waals surface area contributed by atoms with Gasteiger partial charge in [-0.3, -0.25) is 0 Å². The van der Waals surface area contributed by atoms with Gasteiger partial charge < -0.3 is 4.74 Å². The molecule has 0 bridgehead atoms. The summed E-state index contributed by atoms with van der Waals surface area (Å²) in [6.45, 7) is 4.35. The smallest absolute Gasteiger partial charge is 0.122 e. The van der Waals surface area contributed by atoms with Crippen molar-refractivity contribution < 1.29 is 4.74 Å². The van der Waals surface area contributed by atoms with Crippen LogP contribution in [-0.2, 0) is 0 Å². The second-order valence-corrected chi connectivity index (χ2v) is 5.12. The average molecular weight is 292 g/mol. The lowest BCUT2D eigenvalue weighted by molar-refractivity contribution is 0.399. The van der Waals surface area contributed by atoms with Gasteiger partial charge in [-0.1, -0.05) is 29.8 Å². The fourth-order valence-corrected chi connectivity index (χ4v) is 2.52. The van der Waals surface area contributed by atoms with Gasteiger partial charge >= 0.3 is 0 Å². The van der Waals surface area contributed by atoms with Gasteiger partial charge in [0.25, 0.3) is 0 Å². The van der Waals surface area contributed by atoms with E-state index in [1.807, 2.05) is 12.1 Å². The third-order valence-corrected chi connectivity index (χ3v) is 3.39. The predicted molar refractivity (Wildman–Crippen MR) is 69.0 cm³/mol. The van der Waals surface area contributed by atoms with Crippen LogP contribution in [0.3, 0.4) is 0 Å². The van der Waals surface area contributed by atoms with E-state index in [9.17, 15) is 0 Å². The molecule has 0 saturated carbocycles. The molecule has 1 aromatic rings. The number of benzene rings is 1. The fraction of sp³-hybridized carbons (Fsp3) is 0.500. The molecule has 1 unspecified atom stereocenters. The summed E-state index contributed by atoms with van der Waals surface area (Å²) in [5, 5.41) is 0. The van der Waals surface area contributed by atoms with Crippen LogP contribution in [0.4, 0.5) is 0 Å². The third kappa shape index (κ3) is 3.12. The lowest BCUT2D eigenvalue weighted by atomic mass is 9.89. The number of ether oxygens (including phenoxy) is 1. The minimum absolute atomic E-state index is 0.333. The lowest BCUT2D eigenvalue weighted by Crippen LogP contribution is -2.09. The van der Waals surface area contributed by atoms with Gasteiger partial charge in [0.05, 0.1) is 7.11 Å². The molecule has 0 aliphatic rings. The van der Waals surface area contributed by atoms with Crippen LogP contribution in [0, 0.1) is 5.92 Å². The first-order valence-electron chi connectivity index (χ1n) is 4.99. The van der Waals surface area contributed by atoms with Gasteiger partial charge in [0.1, 0.15) is 5.75 Å². The SMILES string of the molecule is COc1ccc(Br)cc1C(CCl)C(C)C. The number of alkyl halides is 1. The Hall–Kier alpha value is -0.210. The summed E-state index contributed by atoms with van der Waals surface area (Å²) in [4.78, 5) is 0. The Balaban J connectivity index is 3.13. The van der Waals surface area contributed by atoms with Crippen molar-refractivity contribution in [3.63, 3.8) is 0 Å². The topological polar surface area (TPSA) is 9.23 Å². The summed E-state index contributed by atoms with van der Waals surface area (Å²) in [5.74, 6) is 2.37. The van der Waals surface area contributed by atoms with E-state index in [0.717, 1.165) is 10.2 Å². The molecular formula is C12H16BrClO. The molecule has 0 fully saturated rings. The summed E-state index contributed by atoms with van der Waals surface area (Å²) in [5.41, 5.74) is 1.18. The van der Waals surface area contributed by atoms with Gasteiger partial charge in [-0.15, -0.1) is 11.6 Å². The number of methoxy groups -OCH3 is 1. The minimum Gasteiger partial charge on any atom is -0.496 e. The Morgan fingerprint density at radius 2 is 2.07 bits per heavy atom. The molecule has 1 aromatic carbocycles. The zero-order chi connectivity index (χ0) is 11.4. The van der Waals surface area contributed by atoms with Crippen molar-refractivity contribution in [3.05, 3.63) is 28.2 Å². The highest BCUT2D eigenvalue weighted by Crippen LogP contribution is 2.34. The van der Waals surface area contributed by atoms with Gasteiger partial charge in [0.15, 0.2) is 0 Å². The average Bonchev–Trinajstić information content (AvgIpc) is 2.18. The molecule has 0 aliphatic carbocycles. The van der Waals surface area contributed by atoms with Gasteiger partial charge in [0, 0.05) is 16.3 Å². The summed E-state index contributed by atoms with van der Waals surface area (Å²) in [6.07, 6.45) is 0. The zero-order valence-corrected chi connectivity index (χ0v) is 11.6. The summed E-state index contributed by atoms with van der Waals surface area (Å²) in [7, 11) is 1.69. The Bertz CT molecular complexity index is 325. The van der Waals surface area contributed by atoms with Crippen LogP contribution in [0.1, 0.15) is 25.3 Å². The van der Waals surface area contributed by atoms with Crippen LogP contribution in [0.25, 0.3) is 0 Å². The van der Waals surface area contributed by atoms with Crippen molar-refractivity contribution in [3.8, 4) is 5.75 Å². The van der Waals surface area contributed by atoms with Gasteiger partial charge in [-0.05, 0) is 29.7 Å². The summed E-state index contributed by atoms with van der Waals surface area (Å²) in [6, 6.07) is 6.04. The molecule has 0 aromatic heterocycles. The van der Waals surface area contributed by atoms with Crippen molar-refractivity contribution in [1.29, 1.82) is 0 Å². The Kier molecular flexibility index (Phi) is 4.94. The number of hydrogen-bond donors (Lipinski definition) is 0. The van der Waals surface area contributed by atoms with Crippen LogP contribution in [0.2, 0.25) is 0 Å². The van der Waals surface area contributed by atoms with E-state index in [-0.39, 0.29) is 0 Å². The fourth-order valence-electron chi connectivity index (χ4n) is 1.62. The van der Waals surface area contributed by atoms with Gasteiger partial charge in [0.2, 0.25) is 0 Å². The molecule has 0 spiro atoms. The molecule has 0 amide bonds. The number of halogens is 2. The second-order valence-electron chi connectivity index (χ2n) is 3.89. The first-order valence-corrected chi connectivity index (χ1v) is 6.32. The normalized spacial score (nSPS) is 12.9. The maximum atomic E-state index is 6.01. The zero-order valence-electron chi connectivity index (χ0n) is 9.26. The second kappa shape index (κ2) is 5.76. The van der Waals surface area contributed by atoms with Crippen molar-refractivity contribution in [1.82, 2.24) is 0 Å². The van der Waals surface area contributed by atoms with E-state index in [1.165, 1.54) is 5.56 Å². The maximum absolute atomic E-state index is 6.01. The molecule has 1 atom stereocenters.